The molecule has 0 aliphatic heterocycles. The molecule has 0 saturated heterocycles. The van der Waals surface area contributed by atoms with Crippen molar-refractivity contribution in [1.82, 2.24) is 0 Å². The molecule has 0 bridgehead atoms. The molecule has 0 aliphatic rings. The van der Waals surface area contributed by atoms with E-state index in [1.165, 1.54) is 6.92 Å². The van der Waals surface area contributed by atoms with Crippen molar-refractivity contribution in [1.29, 1.82) is 0 Å². The smallest absolute Gasteiger partial charge is 0.193 e. The summed E-state index contributed by atoms with van der Waals surface area (Å²) in [6.07, 6.45) is -1.79. The van der Waals surface area contributed by atoms with E-state index in [4.69, 9.17) is 4.43 Å². The molecule has 118 valence electrons. The summed E-state index contributed by atoms with van der Waals surface area (Å²) in [4.78, 5) is 12.0. The Hall–Kier alpha value is -0.493. The Morgan fingerprint density at radius 2 is 1.81 bits per heavy atom. The minimum absolute atomic E-state index is 0.0195. The number of ketones is 1. The summed E-state index contributed by atoms with van der Waals surface area (Å²) in [7, 11) is -2.14. The summed E-state index contributed by atoms with van der Waals surface area (Å²) in [5.74, 6) is -0.150. The molecule has 1 rings (SSSR count). The maximum absolute atomic E-state index is 12.0. The fourth-order valence-corrected chi connectivity index (χ4v) is 3.54. The molecule has 1 aromatic rings. The molecule has 1 N–H and O–H groups in total. The topological polar surface area (TPSA) is 46.5 Å². The predicted octanol–water partition coefficient (Wildman–Crippen LogP) is 4.46. The van der Waals surface area contributed by atoms with Crippen LogP contribution in [0.5, 0.6) is 0 Å². The number of aliphatic hydroxyl groups is 1. The predicted molar refractivity (Wildman–Crippen MR) is 91.9 cm³/mol. The quantitative estimate of drug-likeness (QED) is 0.775. The van der Waals surface area contributed by atoms with Gasteiger partial charge in [0.15, 0.2) is 14.1 Å². The summed E-state index contributed by atoms with van der Waals surface area (Å²) in [5, 5.41) is 10.6. The maximum atomic E-state index is 12.0. The van der Waals surface area contributed by atoms with Crippen LogP contribution in [0.3, 0.4) is 0 Å². The van der Waals surface area contributed by atoms with Gasteiger partial charge in [0.2, 0.25) is 0 Å². The monoisotopic (exact) mass is 372 g/mol. The van der Waals surface area contributed by atoms with Crippen molar-refractivity contribution >= 4 is 30.0 Å². The lowest BCUT2D eigenvalue weighted by Crippen LogP contribution is -2.47. The van der Waals surface area contributed by atoms with Gasteiger partial charge in [0.05, 0.1) is 0 Å². The van der Waals surface area contributed by atoms with Gasteiger partial charge in [0.1, 0.15) is 12.2 Å². The molecule has 0 amide bonds. The molecule has 0 fully saturated rings. The number of benzene rings is 1. The highest BCUT2D eigenvalue weighted by molar-refractivity contribution is 9.10. The second-order valence-corrected chi connectivity index (χ2v) is 12.5. The minimum atomic E-state index is -2.14. The van der Waals surface area contributed by atoms with Crippen LogP contribution in [0.15, 0.2) is 28.7 Å². The van der Waals surface area contributed by atoms with Gasteiger partial charge in [-0.15, -0.1) is 0 Å². The van der Waals surface area contributed by atoms with E-state index in [-0.39, 0.29) is 10.8 Å². The summed E-state index contributed by atoms with van der Waals surface area (Å²) in [6, 6.07) is 7.37. The van der Waals surface area contributed by atoms with E-state index in [0.29, 0.717) is 5.56 Å². The number of hydrogen-bond donors (Lipinski definition) is 1. The number of rotatable bonds is 5. The van der Waals surface area contributed by atoms with Gasteiger partial charge in [-0.2, -0.15) is 0 Å². The number of halogens is 1. The molecule has 1 aromatic carbocycles. The third kappa shape index (κ3) is 4.49. The van der Waals surface area contributed by atoms with E-state index < -0.39 is 20.5 Å². The number of hydrogen-bond acceptors (Lipinski definition) is 3. The van der Waals surface area contributed by atoms with Crippen LogP contribution in [0, 0.1) is 0 Å². The van der Waals surface area contributed by atoms with E-state index in [1.807, 2.05) is 18.2 Å². The van der Waals surface area contributed by atoms with Crippen molar-refractivity contribution in [2.24, 2.45) is 0 Å². The Morgan fingerprint density at radius 3 is 2.24 bits per heavy atom. The minimum Gasteiger partial charge on any atom is -0.404 e. The van der Waals surface area contributed by atoms with Crippen LogP contribution < -0.4 is 0 Å². The summed E-state index contributed by atoms with van der Waals surface area (Å²) in [5.41, 5.74) is 0.677. The molecule has 3 nitrogen and oxygen atoms in total. The van der Waals surface area contributed by atoms with E-state index >= 15 is 0 Å². The van der Waals surface area contributed by atoms with Gasteiger partial charge in [0.25, 0.3) is 0 Å². The van der Waals surface area contributed by atoms with Gasteiger partial charge in [0, 0.05) is 4.47 Å². The standard InChI is InChI=1S/C16H25BrO3Si/c1-11(18)15(20-21(5,6)16(2,3)4)14(19)12-9-7-8-10-13(12)17/h7-10,14-15,19H,1-6H3/t14-,15-/m0/s1. The average molecular weight is 373 g/mol. The molecule has 5 heteroatoms. The van der Waals surface area contributed by atoms with Gasteiger partial charge in [-0.1, -0.05) is 54.9 Å². The lowest BCUT2D eigenvalue weighted by molar-refractivity contribution is -0.129. The van der Waals surface area contributed by atoms with Crippen LogP contribution in [-0.2, 0) is 9.22 Å². The third-order valence-electron chi connectivity index (χ3n) is 4.14. The normalized spacial score (nSPS) is 15.6. The number of aliphatic hydroxyl groups excluding tert-OH is 1. The van der Waals surface area contributed by atoms with Crippen LogP contribution in [-0.4, -0.2) is 25.3 Å². The molecule has 21 heavy (non-hydrogen) atoms. The average Bonchev–Trinajstić information content (AvgIpc) is 2.34. The highest BCUT2D eigenvalue weighted by Crippen LogP contribution is 2.39. The highest BCUT2D eigenvalue weighted by Gasteiger charge is 2.42. The molecule has 0 heterocycles. The van der Waals surface area contributed by atoms with Gasteiger partial charge in [-0.3, -0.25) is 4.79 Å². The van der Waals surface area contributed by atoms with Crippen LogP contribution in [0.2, 0.25) is 18.1 Å². The second-order valence-electron chi connectivity index (χ2n) is 6.88. The van der Waals surface area contributed by atoms with Gasteiger partial charge >= 0.3 is 0 Å². The Kier molecular flexibility index (Phi) is 5.95. The zero-order chi connectivity index (χ0) is 16.4. The first-order chi connectivity index (χ1) is 9.47. The van der Waals surface area contributed by atoms with E-state index in [1.54, 1.807) is 6.07 Å². The van der Waals surface area contributed by atoms with Crippen LogP contribution in [0.4, 0.5) is 0 Å². The van der Waals surface area contributed by atoms with Crippen LogP contribution in [0.25, 0.3) is 0 Å². The number of Topliss-reactive ketones (excluding diaryl/α,β-unsaturated/α-hetero) is 1. The molecule has 0 spiro atoms. The first kappa shape index (κ1) is 18.6. The summed E-state index contributed by atoms with van der Waals surface area (Å²) < 4.78 is 6.93. The molecular weight excluding hydrogens is 348 g/mol. The zero-order valence-corrected chi connectivity index (χ0v) is 16.2. The molecule has 0 aliphatic carbocycles. The third-order valence-corrected chi connectivity index (χ3v) is 9.32. The van der Waals surface area contributed by atoms with E-state index in [0.717, 1.165) is 4.47 Å². The number of carbonyl (C=O) groups excluding carboxylic acids is 1. The lowest BCUT2D eigenvalue weighted by Gasteiger charge is -2.39. The SMILES string of the molecule is CC(=O)[C@H](O[Si](C)(C)C(C)(C)C)[C@@H](O)c1ccccc1Br. The Morgan fingerprint density at radius 1 is 1.29 bits per heavy atom. The Balaban J connectivity index is 3.09. The van der Waals surface area contributed by atoms with Crippen molar-refractivity contribution in [3.8, 4) is 0 Å². The van der Waals surface area contributed by atoms with Crippen molar-refractivity contribution < 1.29 is 14.3 Å². The van der Waals surface area contributed by atoms with E-state index in [2.05, 4.69) is 49.8 Å². The fourth-order valence-electron chi connectivity index (χ4n) is 1.74. The summed E-state index contributed by atoms with van der Waals surface area (Å²) in [6.45, 7) is 12.0. The van der Waals surface area contributed by atoms with Crippen molar-refractivity contribution in [2.75, 3.05) is 0 Å². The largest absolute Gasteiger partial charge is 0.404 e. The molecule has 0 aromatic heterocycles. The first-order valence-corrected chi connectivity index (χ1v) is 10.8. The van der Waals surface area contributed by atoms with Crippen LogP contribution in [0.1, 0.15) is 39.4 Å². The molecule has 2 atom stereocenters. The van der Waals surface area contributed by atoms with Crippen molar-refractivity contribution in [3.05, 3.63) is 34.3 Å². The van der Waals surface area contributed by atoms with Crippen molar-refractivity contribution in [2.45, 2.75) is 58.0 Å². The highest BCUT2D eigenvalue weighted by atomic mass is 79.9. The maximum Gasteiger partial charge on any atom is 0.193 e. The van der Waals surface area contributed by atoms with Crippen molar-refractivity contribution in [3.63, 3.8) is 0 Å². The zero-order valence-electron chi connectivity index (χ0n) is 13.6. The Labute approximate surface area is 137 Å². The molecule has 0 saturated carbocycles. The van der Waals surface area contributed by atoms with Gasteiger partial charge in [-0.25, -0.2) is 0 Å². The second kappa shape index (κ2) is 6.73. The summed E-state index contributed by atoms with van der Waals surface area (Å²) >= 11 is 3.42. The molecule has 0 radical (unpaired) electrons. The first-order valence-electron chi connectivity index (χ1n) is 7.08. The Bertz CT molecular complexity index is 508. The fraction of sp³-hybridized carbons (Fsp3) is 0.562. The lowest BCUT2D eigenvalue weighted by atomic mass is 10.0. The van der Waals surface area contributed by atoms with Gasteiger partial charge < -0.3 is 9.53 Å². The van der Waals surface area contributed by atoms with Gasteiger partial charge in [-0.05, 0) is 36.7 Å². The molecule has 0 unspecified atom stereocenters. The molecular formula is C16H25BrO3Si. The van der Waals surface area contributed by atoms with Crippen LogP contribution >= 0.6 is 15.9 Å². The number of carbonyl (C=O) groups is 1. The van der Waals surface area contributed by atoms with E-state index in [9.17, 15) is 9.90 Å².